The minimum Gasteiger partial charge on any atom is -0.478 e. The Morgan fingerprint density at radius 1 is 1.38 bits per heavy atom. The summed E-state index contributed by atoms with van der Waals surface area (Å²) in [5.41, 5.74) is 1.49. The summed E-state index contributed by atoms with van der Waals surface area (Å²) in [6.07, 6.45) is 0.609. The number of aromatic carboxylic acids is 1. The van der Waals surface area contributed by atoms with Gasteiger partial charge in [-0.3, -0.25) is 0 Å². The normalized spacial score (nSPS) is 10.4. The van der Waals surface area contributed by atoms with Crippen molar-refractivity contribution in [2.45, 2.75) is 25.3 Å². The number of nitrogens with zero attached hydrogens (tertiary/aromatic N) is 2. The zero-order valence-electron chi connectivity index (χ0n) is 9.23. The molecular formula is C10H14N2O3S. The topological polar surface area (TPSA) is 83.3 Å². The van der Waals surface area contributed by atoms with E-state index >= 15 is 0 Å². The maximum Gasteiger partial charge on any atom is 0.338 e. The molecule has 6 heteroatoms. The molecule has 16 heavy (non-hydrogen) atoms. The molecule has 0 fully saturated rings. The van der Waals surface area contributed by atoms with E-state index in [1.807, 2.05) is 0 Å². The lowest BCUT2D eigenvalue weighted by Crippen LogP contribution is -2.08. The summed E-state index contributed by atoms with van der Waals surface area (Å²) in [6.45, 7) is 3.55. The van der Waals surface area contributed by atoms with E-state index in [9.17, 15) is 4.79 Å². The van der Waals surface area contributed by atoms with Crippen LogP contribution in [0.2, 0.25) is 0 Å². The van der Waals surface area contributed by atoms with Crippen molar-refractivity contribution in [3.8, 4) is 0 Å². The quantitative estimate of drug-likeness (QED) is 0.597. The molecule has 0 spiro atoms. The lowest BCUT2D eigenvalue weighted by Gasteiger charge is -2.08. The van der Waals surface area contributed by atoms with E-state index in [0.717, 1.165) is 0 Å². The summed E-state index contributed by atoms with van der Waals surface area (Å²) in [6, 6.07) is 0. The molecule has 0 saturated heterocycles. The first-order valence-electron chi connectivity index (χ1n) is 4.88. The predicted molar refractivity (Wildman–Crippen MR) is 60.9 cm³/mol. The van der Waals surface area contributed by atoms with Gasteiger partial charge < -0.3 is 10.2 Å². The summed E-state index contributed by atoms with van der Waals surface area (Å²) in [7, 11) is 0. The van der Waals surface area contributed by atoms with Gasteiger partial charge in [-0.15, -0.1) is 16.9 Å². The molecular weight excluding hydrogens is 228 g/mol. The zero-order chi connectivity index (χ0) is 12.1. The average molecular weight is 242 g/mol. The van der Waals surface area contributed by atoms with Crippen LogP contribution in [0, 0.1) is 13.8 Å². The third-order valence-corrected chi connectivity index (χ3v) is 3.23. The molecule has 0 aromatic carbocycles. The van der Waals surface area contributed by atoms with Crippen molar-refractivity contribution in [3.05, 3.63) is 16.8 Å². The summed E-state index contributed by atoms with van der Waals surface area (Å²) in [4.78, 5) is 11.1. The molecule has 88 valence electrons. The van der Waals surface area contributed by atoms with Crippen molar-refractivity contribution in [1.29, 1.82) is 0 Å². The van der Waals surface area contributed by atoms with Crippen molar-refractivity contribution < 1.29 is 15.0 Å². The van der Waals surface area contributed by atoms with Crippen LogP contribution in [0.15, 0.2) is 5.03 Å². The van der Waals surface area contributed by atoms with Gasteiger partial charge in [0.2, 0.25) is 0 Å². The number of aryl methyl sites for hydroxylation is 1. The standard InChI is InChI=1S/C10H14N2O3S/c1-6-7(2)11-12-9(8(6)10(14)15)16-5-3-4-13/h13H,3-5H2,1-2H3,(H,14,15). The van der Waals surface area contributed by atoms with Crippen LogP contribution in [0.1, 0.15) is 28.0 Å². The fraction of sp³-hybridized carbons (Fsp3) is 0.500. The van der Waals surface area contributed by atoms with Crippen LogP contribution in [0.4, 0.5) is 0 Å². The smallest absolute Gasteiger partial charge is 0.338 e. The number of carboxylic acids is 1. The molecule has 1 aromatic heterocycles. The van der Waals surface area contributed by atoms with E-state index in [0.29, 0.717) is 28.5 Å². The third kappa shape index (κ3) is 2.93. The van der Waals surface area contributed by atoms with Crippen molar-refractivity contribution >= 4 is 17.7 Å². The van der Waals surface area contributed by atoms with Crippen LogP contribution in [0.5, 0.6) is 0 Å². The van der Waals surface area contributed by atoms with E-state index < -0.39 is 5.97 Å². The minimum absolute atomic E-state index is 0.0909. The number of thioether (sulfide) groups is 1. The van der Waals surface area contributed by atoms with E-state index in [-0.39, 0.29) is 12.2 Å². The number of hydrogen-bond donors (Lipinski definition) is 2. The Labute approximate surface area is 97.9 Å². The van der Waals surface area contributed by atoms with E-state index in [2.05, 4.69) is 10.2 Å². The van der Waals surface area contributed by atoms with Crippen LogP contribution in [0.25, 0.3) is 0 Å². The molecule has 0 unspecified atom stereocenters. The number of aliphatic hydroxyl groups excluding tert-OH is 1. The Morgan fingerprint density at radius 3 is 2.62 bits per heavy atom. The molecule has 0 aliphatic carbocycles. The first-order valence-corrected chi connectivity index (χ1v) is 5.87. The monoisotopic (exact) mass is 242 g/mol. The fourth-order valence-electron chi connectivity index (χ4n) is 1.17. The largest absolute Gasteiger partial charge is 0.478 e. The molecule has 0 amide bonds. The molecule has 0 saturated carbocycles. The van der Waals surface area contributed by atoms with Gasteiger partial charge >= 0.3 is 5.97 Å². The first-order chi connectivity index (χ1) is 7.57. The highest BCUT2D eigenvalue weighted by molar-refractivity contribution is 7.99. The summed E-state index contributed by atoms with van der Waals surface area (Å²) in [5, 5.41) is 26.0. The van der Waals surface area contributed by atoms with Gasteiger partial charge in [0, 0.05) is 12.4 Å². The van der Waals surface area contributed by atoms with Crippen LogP contribution >= 0.6 is 11.8 Å². The van der Waals surface area contributed by atoms with Crippen molar-refractivity contribution in [2.75, 3.05) is 12.4 Å². The van der Waals surface area contributed by atoms with Crippen LogP contribution < -0.4 is 0 Å². The highest BCUT2D eigenvalue weighted by Crippen LogP contribution is 2.24. The van der Waals surface area contributed by atoms with Crippen molar-refractivity contribution in [3.63, 3.8) is 0 Å². The number of hydrogen-bond acceptors (Lipinski definition) is 5. The second kappa shape index (κ2) is 5.81. The number of rotatable bonds is 5. The molecule has 1 heterocycles. The molecule has 5 nitrogen and oxygen atoms in total. The number of aromatic nitrogens is 2. The number of carbonyl (C=O) groups is 1. The molecule has 0 radical (unpaired) electrons. The first kappa shape index (κ1) is 12.9. The summed E-state index contributed by atoms with van der Waals surface area (Å²) < 4.78 is 0. The second-order valence-corrected chi connectivity index (χ2v) is 4.40. The zero-order valence-corrected chi connectivity index (χ0v) is 10.0. The van der Waals surface area contributed by atoms with Gasteiger partial charge in [0.05, 0.1) is 11.3 Å². The van der Waals surface area contributed by atoms with Crippen LogP contribution in [-0.2, 0) is 0 Å². The molecule has 0 aliphatic rings. The van der Waals surface area contributed by atoms with Crippen molar-refractivity contribution in [2.24, 2.45) is 0 Å². The number of carboxylic acid groups (broad SMARTS) is 1. The van der Waals surface area contributed by atoms with E-state index in [4.69, 9.17) is 10.2 Å². The third-order valence-electron chi connectivity index (χ3n) is 2.18. The second-order valence-electron chi connectivity index (χ2n) is 3.32. The van der Waals surface area contributed by atoms with Gasteiger partial charge in [0.15, 0.2) is 0 Å². The summed E-state index contributed by atoms with van der Waals surface area (Å²) in [5.74, 6) is -0.351. The summed E-state index contributed by atoms with van der Waals surface area (Å²) >= 11 is 1.31. The molecule has 0 bridgehead atoms. The van der Waals surface area contributed by atoms with Gasteiger partial charge in [-0.1, -0.05) is 0 Å². The van der Waals surface area contributed by atoms with Gasteiger partial charge in [-0.25, -0.2) is 4.79 Å². The Kier molecular flexibility index (Phi) is 4.70. The maximum absolute atomic E-state index is 11.1. The molecule has 0 aliphatic heterocycles. The fourth-order valence-corrected chi connectivity index (χ4v) is 2.12. The highest BCUT2D eigenvalue weighted by atomic mass is 32.2. The molecule has 1 rings (SSSR count). The Bertz CT molecular complexity index is 396. The lowest BCUT2D eigenvalue weighted by molar-refractivity contribution is 0.0690. The lowest BCUT2D eigenvalue weighted by atomic mass is 10.1. The molecule has 1 aromatic rings. The van der Waals surface area contributed by atoms with Crippen LogP contribution in [0.3, 0.4) is 0 Å². The molecule has 2 N–H and O–H groups in total. The Hall–Kier alpha value is -1.14. The van der Waals surface area contributed by atoms with Gasteiger partial charge in [-0.2, -0.15) is 5.10 Å². The minimum atomic E-state index is -0.984. The van der Waals surface area contributed by atoms with Gasteiger partial charge in [0.1, 0.15) is 5.03 Å². The SMILES string of the molecule is Cc1nnc(SCCCO)c(C(=O)O)c1C. The van der Waals surface area contributed by atoms with E-state index in [1.54, 1.807) is 13.8 Å². The van der Waals surface area contributed by atoms with E-state index in [1.165, 1.54) is 11.8 Å². The van der Waals surface area contributed by atoms with Crippen LogP contribution in [-0.4, -0.2) is 38.7 Å². The molecule has 0 atom stereocenters. The Balaban J connectivity index is 2.99. The highest BCUT2D eigenvalue weighted by Gasteiger charge is 2.17. The predicted octanol–water partition coefficient (Wildman–Crippen LogP) is 1.27. The Morgan fingerprint density at radius 2 is 2.06 bits per heavy atom. The average Bonchev–Trinajstić information content (AvgIpc) is 2.23. The maximum atomic E-state index is 11.1. The number of aliphatic hydroxyl groups is 1. The van der Waals surface area contributed by atoms with Crippen molar-refractivity contribution in [1.82, 2.24) is 10.2 Å². The van der Waals surface area contributed by atoms with Gasteiger partial charge in [-0.05, 0) is 25.8 Å². The van der Waals surface area contributed by atoms with Gasteiger partial charge in [0.25, 0.3) is 0 Å².